The molecular weight excluding hydrogens is 164 g/mol. The first-order valence-corrected chi connectivity index (χ1v) is 3.53. The van der Waals surface area contributed by atoms with Gasteiger partial charge in [0.05, 0.1) is 6.54 Å². The predicted molar refractivity (Wildman–Crippen MR) is 38.5 cm³/mol. The number of ether oxygens (including phenoxy) is 1. The highest BCUT2D eigenvalue weighted by atomic mass is 16.6. The molecule has 1 atom stereocenters. The normalized spacial score (nSPS) is 22.6. The first-order chi connectivity index (χ1) is 5.65. The number of carboxylic acids is 1. The van der Waals surface area contributed by atoms with Crippen molar-refractivity contribution in [2.75, 3.05) is 19.6 Å². The van der Waals surface area contributed by atoms with Gasteiger partial charge in [-0.2, -0.15) is 0 Å². The molecule has 0 aromatic rings. The molecule has 1 amide bonds. The summed E-state index contributed by atoms with van der Waals surface area (Å²) in [7, 11) is 0. The molecule has 0 spiro atoms. The summed E-state index contributed by atoms with van der Waals surface area (Å²) in [5, 5.41) is 8.48. The Morgan fingerprint density at radius 1 is 1.83 bits per heavy atom. The number of nitrogens with zero attached hydrogens (tertiary/aromatic N) is 1. The van der Waals surface area contributed by atoms with Crippen LogP contribution in [0.2, 0.25) is 0 Å². The SMILES string of the molecule is NCCN1CC(C(=O)O)OC1=O. The molecule has 68 valence electrons. The lowest BCUT2D eigenvalue weighted by Crippen LogP contribution is -2.32. The third kappa shape index (κ3) is 1.65. The maximum atomic E-state index is 10.9. The summed E-state index contributed by atoms with van der Waals surface area (Å²) in [5.41, 5.74) is 5.20. The number of aliphatic carboxylic acids is 1. The molecule has 1 aliphatic rings. The quantitative estimate of drug-likeness (QED) is 0.563. The van der Waals surface area contributed by atoms with Crippen molar-refractivity contribution in [3.63, 3.8) is 0 Å². The Hall–Kier alpha value is -1.30. The van der Waals surface area contributed by atoms with Crippen LogP contribution in [0.1, 0.15) is 0 Å². The largest absolute Gasteiger partial charge is 0.478 e. The van der Waals surface area contributed by atoms with Gasteiger partial charge >= 0.3 is 12.1 Å². The molecule has 3 N–H and O–H groups in total. The van der Waals surface area contributed by atoms with Crippen molar-refractivity contribution in [3.05, 3.63) is 0 Å². The van der Waals surface area contributed by atoms with Crippen molar-refractivity contribution in [3.8, 4) is 0 Å². The van der Waals surface area contributed by atoms with Gasteiger partial charge in [-0.05, 0) is 0 Å². The Bertz CT molecular complexity index is 206. The highest BCUT2D eigenvalue weighted by Crippen LogP contribution is 2.09. The van der Waals surface area contributed by atoms with Crippen LogP contribution in [-0.2, 0) is 9.53 Å². The summed E-state index contributed by atoms with van der Waals surface area (Å²) in [4.78, 5) is 22.5. The summed E-state index contributed by atoms with van der Waals surface area (Å²) in [6.07, 6.45) is -1.64. The Balaban J connectivity index is 2.50. The lowest BCUT2D eigenvalue weighted by molar-refractivity contribution is -0.144. The van der Waals surface area contributed by atoms with Crippen molar-refractivity contribution in [2.24, 2.45) is 5.73 Å². The van der Waals surface area contributed by atoms with E-state index in [0.29, 0.717) is 13.1 Å². The van der Waals surface area contributed by atoms with Gasteiger partial charge in [0.15, 0.2) is 0 Å². The zero-order valence-electron chi connectivity index (χ0n) is 6.40. The zero-order chi connectivity index (χ0) is 9.14. The van der Waals surface area contributed by atoms with E-state index in [4.69, 9.17) is 10.8 Å². The summed E-state index contributed by atoms with van der Waals surface area (Å²) in [6.45, 7) is 0.732. The molecule has 1 heterocycles. The first-order valence-electron chi connectivity index (χ1n) is 3.53. The first kappa shape index (κ1) is 8.79. The Morgan fingerprint density at radius 2 is 2.50 bits per heavy atom. The van der Waals surface area contributed by atoms with Gasteiger partial charge in [0.1, 0.15) is 0 Å². The molecule has 6 nitrogen and oxygen atoms in total. The number of rotatable bonds is 3. The van der Waals surface area contributed by atoms with Crippen LogP contribution in [0.3, 0.4) is 0 Å². The number of carboxylic acid groups (broad SMARTS) is 1. The van der Waals surface area contributed by atoms with Crippen LogP contribution in [0.4, 0.5) is 4.79 Å². The van der Waals surface area contributed by atoms with Crippen LogP contribution in [0.15, 0.2) is 0 Å². The smallest absolute Gasteiger partial charge is 0.410 e. The molecule has 0 aliphatic carbocycles. The number of hydrogen-bond acceptors (Lipinski definition) is 4. The maximum Gasteiger partial charge on any atom is 0.410 e. The van der Waals surface area contributed by atoms with E-state index in [2.05, 4.69) is 4.74 Å². The van der Waals surface area contributed by atoms with Crippen LogP contribution in [0.5, 0.6) is 0 Å². The molecule has 1 saturated heterocycles. The minimum Gasteiger partial charge on any atom is -0.478 e. The average Bonchev–Trinajstić information content (AvgIpc) is 2.34. The van der Waals surface area contributed by atoms with E-state index in [1.54, 1.807) is 0 Å². The fourth-order valence-electron chi connectivity index (χ4n) is 0.975. The number of carbonyl (C=O) groups is 2. The van der Waals surface area contributed by atoms with E-state index < -0.39 is 18.2 Å². The van der Waals surface area contributed by atoms with Gasteiger partial charge in [-0.3, -0.25) is 0 Å². The third-order valence-corrected chi connectivity index (χ3v) is 1.56. The number of cyclic esters (lactones) is 1. The Labute approximate surface area is 68.9 Å². The van der Waals surface area contributed by atoms with Crippen LogP contribution in [0.25, 0.3) is 0 Å². The van der Waals surface area contributed by atoms with Gasteiger partial charge in [-0.25, -0.2) is 9.59 Å². The van der Waals surface area contributed by atoms with Gasteiger partial charge in [0, 0.05) is 13.1 Å². The van der Waals surface area contributed by atoms with Gasteiger partial charge in [-0.15, -0.1) is 0 Å². The average molecular weight is 174 g/mol. The van der Waals surface area contributed by atoms with Crippen LogP contribution in [-0.4, -0.2) is 47.8 Å². The highest BCUT2D eigenvalue weighted by Gasteiger charge is 2.35. The number of amides is 1. The molecule has 12 heavy (non-hydrogen) atoms. The second kappa shape index (κ2) is 3.40. The van der Waals surface area contributed by atoms with E-state index in [0.717, 1.165) is 0 Å². The molecule has 0 bridgehead atoms. The Kier molecular flexibility index (Phi) is 2.49. The van der Waals surface area contributed by atoms with Crippen LogP contribution >= 0.6 is 0 Å². The van der Waals surface area contributed by atoms with Gasteiger partial charge in [0.25, 0.3) is 0 Å². The second-order valence-corrected chi connectivity index (χ2v) is 2.45. The minimum absolute atomic E-state index is 0.0887. The molecule has 1 fully saturated rings. The molecule has 1 unspecified atom stereocenters. The van der Waals surface area contributed by atoms with Crippen molar-refractivity contribution in [2.45, 2.75) is 6.10 Å². The summed E-state index contributed by atoms with van der Waals surface area (Å²) < 4.78 is 4.52. The van der Waals surface area contributed by atoms with Crippen molar-refractivity contribution in [1.82, 2.24) is 4.90 Å². The molecule has 0 aromatic carbocycles. The van der Waals surface area contributed by atoms with Gasteiger partial charge in [0.2, 0.25) is 6.10 Å². The number of hydrogen-bond donors (Lipinski definition) is 2. The lowest BCUT2D eigenvalue weighted by atomic mass is 10.3. The molecule has 6 heteroatoms. The number of carbonyl (C=O) groups excluding carboxylic acids is 1. The summed E-state index contributed by atoms with van der Waals surface area (Å²) >= 11 is 0. The molecule has 1 aliphatic heterocycles. The molecular formula is C6H10N2O4. The van der Waals surface area contributed by atoms with Gasteiger partial charge in [-0.1, -0.05) is 0 Å². The molecule has 0 radical (unpaired) electrons. The minimum atomic E-state index is -1.12. The van der Waals surface area contributed by atoms with Crippen LogP contribution < -0.4 is 5.73 Å². The van der Waals surface area contributed by atoms with E-state index >= 15 is 0 Å². The highest BCUT2D eigenvalue weighted by molar-refractivity contribution is 5.81. The summed E-state index contributed by atoms with van der Waals surface area (Å²) in [6, 6.07) is 0. The third-order valence-electron chi connectivity index (χ3n) is 1.56. The fraction of sp³-hybridized carbons (Fsp3) is 0.667. The van der Waals surface area contributed by atoms with Crippen molar-refractivity contribution >= 4 is 12.1 Å². The van der Waals surface area contributed by atoms with E-state index in [-0.39, 0.29) is 6.54 Å². The number of nitrogens with two attached hydrogens (primary N) is 1. The second-order valence-electron chi connectivity index (χ2n) is 2.45. The molecule has 1 rings (SSSR count). The molecule has 0 saturated carbocycles. The van der Waals surface area contributed by atoms with E-state index in [9.17, 15) is 9.59 Å². The van der Waals surface area contributed by atoms with Crippen molar-refractivity contribution < 1.29 is 19.4 Å². The maximum absolute atomic E-state index is 10.9. The van der Waals surface area contributed by atoms with E-state index in [1.807, 2.05) is 0 Å². The predicted octanol–water partition coefficient (Wildman–Crippen LogP) is -1.15. The van der Waals surface area contributed by atoms with E-state index in [1.165, 1.54) is 4.90 Å². The van der Waals surface area contributed by atoms with Gasteiger partial charge < -0.3 is 20.5 Å². The Morgan fingerprint density at radius 3 is 2.92 bits per heavy atom. The fourth-order valence-corrected chi connectivity index (χ4v) is 0.975. The monoisotopic (exact) mass is 174 g/mol. The molecule has 0 aromatic heterocycles. The lowest BCUT2D eigenvalue weighted by Gasteiger charge is -2.09. The van der Waals surface area contributed by atoms with Crippen LogP contribution in [0, 0.1) is 0 Å². The van der Waals surface area contributed by atoms with Crippen molar-refractivity contribution in [1.29, 1.82) is 0 Å². The topological polar surface area (TPSA) is 92.9 Å². The standard InChI is InChI=1S/C6H10N2O4/c7-1-2-8-3-4(5(9)10)12-6(8)11/h4H,1-3,7H2,(H,9,10). The summed E-state index contributed by atoms with van der Waals surface area (Å²) in [5.74, 6) is -1.12. The zero-order valence-corrected chi connectivity index (χ0v) is 6.40.